The van der Waals surface area contributed by atoms with E-state index in [1.54, 1.807) is 37.3 Å². The van der Waals surface area contributed by atoms with E-state index in [-0.39, 0.29) is 11.4 Å². The molecule has 2 rings (SSSR count). The van der Waals surface area contributed by atoms with Crippen molar-refractivity contribution in [3.05, 3.63) is 70.3 Å². The highest BCUT2D eigenvalue weighted by molar-refractivity contribution is 5.96. The minimum Gasteiger partial charge on any atom is -0.481 e. The van der Waals surface area contributed by atoms with Crippen LogP contribution in [0.25, 0.3) is 0 Å². The van der Waals surface area contributed by atoms with Gasteiger partial charge in [0.2, 0.25) is 5.91 Å². The lowest BCUT2D eigenvalue weighted by Gasteiger charge is -2.26. The van der Waals surface area contributed by atoms with Gasteiger partial charge in [-0.15, -0.1) is 0 Å². The highest BCUT2D eigenvalue weighted by Gasteiger charge is 2.32. The quantitative estimate of drug-likeness (QED) is 0.230. The van der Waals surface area contributed by atoms with E-state index in [1.165, 1.54) is 24.3 Å². The molecule has 0 fully saturated rings. The molecule has 1 unspecified atom stereocenters. The van der Waals surface area contributed by atoms with Gasteiger partial charge in [-0.05, 0) is 17.7 Å². The van der Waals surface area contributed by atoms with Crippen molar-refractivity contribution in [2.24, 2.45) is 0 Å². The second kappa shape index (κ2) is 11.9. The second-order valence-electron chi connectivity index (χ2n) is 7.26. The van der Waals surface area contributed by atoms with Crippen LogP contribution in [0.5, 0.6) is 0 Å². The molecule has 0 spiro atoms. The number of benzene rings is 2. The first-order valence-electron chi connectivity index (χ1n) is 10.1. The smallest absolute Gasteiger partial charge is 0.328 e. The molecule has 12 nitrogen and oxygen atoms in total. The summed E-state index contributed by atoms with van der Waals surface area (Å²) in [6, 6.07) is 10.2. The highest BCUT2D eigenvalue weighted by Crippen LogP contribution is 2.20. The molecule has 34 heavy (non-hydrogen) atoms. The van der Waals surface area contributed by atoms with E-state index in [0.29, 0.717) is 0 Å². The summed E-state index contributed by atoms with van der Waals surface area (Å²) in [5.74, 6) is -3.52. The first-order valence-corrected chi connectivity index (χ1v) is 10.1. The topological polar surface area (TPSA) is 177 Å². The van der Waals surface area contributed by atoms with Crippen LogP contribution in [0.15, 0.2) is 54.6 Å². The Kier molecular flexibility index (Phi) is 9.06. The van der Waals surface area contributed by atoms with E-state index in [0.717, 1.165) is 12.7 Å². The normalized spacial score (nSPS) is 13.0. The number of nitrogens with zero attached hydrogens (tertiary/aromatic N) is 1. The molecule has 4 N–H and O–H groups in total. The predicted octanol–water partition coefficient (Wildman–Crippen LogP) is 2.02. The molecule has 2 aromatic carbocycles. The van der Waals surface area contributed by atoms with Crippen molar-refractivity contribution in [1.29, 1.82) is 0 Å². The first kappa shape index (κ1) is 25.8. The molecule has 0 heterocycles. The molecule has 180 valence electrons. The number of amides is 3. The predicted molar refractivity (Wildman–Crippen MR) is 120 cm³/mol. The van der Waals surface area contributed by atoms with Gasteiger partial charge in [-0.3, -0.25) is 19.7 Å². The number of non-ortho nitro benzene ring substituents is 1. The van der Waals surface area contributed by atoms with Crippen LogP contribution < -0.4 is 16.0 Å². The maximum Gasteiger partial charge on any atom is 0.328 e. The molecule has 3 amide bonds. The van der Waals surface area contributed by atoms with Gasteiger partial charge in [0.15, 0.2) is 0 Å². The Morgan fingerprint density at radius 3 is 2.18 bits per heavy atom. The lowest BCUT2D eigenvalue weighted by Crippen LogP contribution is -2.54. The van der Waals surface area contributed by atoms with Crippen molar-refractivity contribution in [2.45, 2.75) is 31.3 Å². The van der Waals surface area contributed by atoms with Crippen LogP contribution in [-0.2, 0) is 19.1 Å². The Labute approximate surface area is 194 Å². The largest absolute Gasteiger partial charge is 0.481 e. The number of ether oxygens (including phenoxy) is 1. The summed E-state index contributed by atoms with van der Waals surface area (Å²) >= 11 is 0. The molecular weight excluding hydrogens is 448 g/mol. The first-order chi connectivity index (χ1) is 16.1. The van der Waals surface area contributed by atoms with Gasteiger partial charge in [0.25, 0.3) is 5.69 Å². The molecule has 0 aromatic heterocycles. The van der Waals surface area contributed by atoms with Crippen LogP contribution in [0.2, 0.25) is 0 Å². The summed E-state index contributed by atoms with van der Waals surface area (Å²) in [7, 11) is 1.16. The molecule has 3 atom stereocenters. The fourth-order valence-electron chi connectivity index (χ4n) is 3.09. The zero-order valence-electron chi connectivity index (χ0n) is 18.4. The van der Waals surface area contributed by atoms with Crippen LogP contribution in [0.4, 0.5) is 16.2 Å². The number of urea groups is 1. The number of esters is 1. The zero-order chi connectivity index (χ0) is 25.3. The minimum atomic E-state index is -1.52. The Balaban J connectivity index is 2.14. The van der Waals surface area contributed by atoms with Crippen molar-refractivity contribution >= 4 is 35.3 Å². The maximum atomic E-state index is 12.9. The summed E-state index contributed by atoms with van der Waals surface area (Å²) in [5.41, 5.74) is 0.732. The van der Waals surface area contributed by atoms with Gasteiger partial charge >= 0.3 is 18.0 Å². The summed E-state index contributed by atoms with van der Waals surface area (Å²) in [5, 5.41) is 27.0. The lowest BCUT2D eigenvalue weighted by molar-refractivity contribution is -0.384. The van der Waals surface area contributed by atoms with Crippen LogP contribution in [0, 0.1) is 10.1 Å². The molecule has 0 aliphatic heterocycles. The van der Waals surface area contributed by atoms with E-state index in [9.17, 15) is 34.4 Å². The SMILES string of the molecule is COC(=O)[C@@H](NC(=O)[C@H](CC(=O)O)NC(=O)Nc1ccc([N+](=O)[O-])cc1)C(C)c1ccccc1. The van der Waals surface area contributed by atoms with Gasteiger partial charge in [-0.25, -0.2) is 9.59 Å². The fraction of sp³-hybridized carbons (Fsp3) is 0.273. The van der Waals surface area contributed by atoms with Crippen molar-refractivity contribution in [2.75, 3.05) is 12.4 Å². The van der Waals surface area contributed by atoms with Crippen molar-refractivity contribution < 1.29 is 33.9 Å². The molecule has 0 saturated heterocycles. The number of carboxylic acid groups (broad SMARTS) is 1. The third kappa shape index (κ3) is 7.29. The fourth-order valence-corrected chi connectivity index (χ4v) is 3.09. The zero-order valence-corrected chi connectivity index (χ0v) is 18.4. The van der Waals surface area contributed by atoms with Gasteiger partial charge in [0, 0.05) is 23.7 Å². The highest BCUT2D eigenvalue weighted by atomic mass is 16.6. The third-order valence-corrected chi connectivity index (χ3v) is 4.91. The average molecular weight is 472 g/mol. The molecular formula is C22H24N4O8. The molecule has 0 aliphatic rings. The molecule has 2 aromatic rings. The van der Waals surface area contributed by atoms with Gasteiger partial charge in [-0.1, -0.05) is 37.3 Å². The summed E-state index contributed by atoms with van der Waals surface area (Å²) in [6.07, 6.45) is -0.757. The van der Waals surface area contributed by atoms with Gasteiger partial charge < -0.3 is 25.8 Å². The number of nitro groups is 1. The summed E-state index contributed by atoms with van der Waals surface area (Å²) < 4.78 is 4.79. The average Bonchev–Trinajstić information content (AvgIpc) is 2.81. The number of rotatable bonds is 10. The van der Waals surface area contributed by atoms with Crippen molar-refractivity contribution in [1.82, 2.24) is 10.6 Å². The molecule has 0 radical (unpaired) electrons. The maximum absolute atomic E-state index is 12.9. The second-order valence-corrected chi connectivity index (χ2v) is 7.26. The Morgan fingerprint density at radius 1 is 1.03 bits per heavy atom. The summed E-state index contributed by atoms with van der Waals surface area (Å²) in [6.45, 7) is 1.69. The number of methoxy groups -OCH3 is 1. The number of nitrogens with one attached hydrogen (secondary N) is 3. The third-order valence-electron chi connectivity index (χ3n) is 4.91. The van der Waals surface area contributed by atoms with Crippen LogP contribution in [0.1, 0.15) is 24.8 Å². The number of aliphatic carboxylic acids is 1. The number of hydrogen-bond acceptors (Lipinski definition) is 7. The van der Waals surface area contributed by atoms with E-state index in [1.807, 2.05) is 0 Å². The van der Waals surface area contributed by atoms with E-state index in [4.69, 9.17) is 4.74 Å². The molecule has 12 heteroatoms. The van der Waals surface area contributed by atoms with Crippen LogP contribution >= 0.6 is 0 Å². The number of carbonyl (C=O) groups excluding carboxylic acids is 3. The number of hydrogen-bond donors (Lipinski definition) is 4. The van der Waals surface area contributed by atoms with Crippen molar-refractivity contribution in [3.8, 4) is 0 Å². The van der Waals surface area contributed by atoms with Crippen LogP contribution in [0.3, 0.4) is 0 Å². The molecule has 0 aliphatic carbocycles. The van der Waals surface area contributed by atoms with Crippen molar-refractivity contribution in [3.63, 3.8) is 0 Å². The minimum absolute atomic E-state index is 0.183. The number of nitro benzene ring substituents is 1. The Bertz CT molecular complexity index is 1040. The Hall–Kier alpha value is -4.48. The van der Waals surface area contributed by atoms with E-state index >= 15 is 0 Å². The molecule has 0 bridgehead atoms. The summed E-state index contributed by atoms with van der Waals surface area (Å²) in [4.78, 5) is 58.9. The molecule has 0 saturated carbocycles. The van der Waals surface area contributed by atoms with Gasteiger partial charge in [0.05, 0.1) is 18.5 Å². The Morgan fingerprint density at radius 2 is 1.65 bits per heavy atom. The van der Waals surface area contributed by atoms with E-state index in [2.05, 4.69) is 16.0 Å². The lowest BCUT2D eigenvalue weighted by atomic mass is 9.93. The number of carboxylic acids is 1. The number of carbonyl (C=O) groups is 4. The number of anilines is 1. The monoisotopic (exact) mass is 472 g/mol. The van der Waals surface area contributed by atoms with Gasteiger partial charge in [-0.2, -0.15) is 0 Å². The van der Waals surface area contributed by atoms with E-state index < -0.39 is 53.2 Å². The standard InChI is InChI=1S/C22H24N4O8/c1-13(14-6-4-3-5-7-14)19(21(30)34-2)25-20(29)17(12-18(27)28)24-22(31)23-15-8-10-16(11-9-15)26(32)33/h3-11,13,17,19H,12H2,1-2H3,(H,25,29)(H,27,28)(H2,23,24,31)/t13?,17-,19-/m0/s1. The van der Waals surface area contributed by atoms with Crippen LogP contribution in [-0.4, -0.2) is 53.1 Å². The van der Waals surface area contributed by atoms with Gasteiger partial charge in [0.1, 0.15) is 12.1 Å².